The second kappa shape index (κ2) is 14.4. The van der Waals surface area contributed by atoms with E-state index in [4.69, 9.17) is 0 Å². The summed E-state index contributed by atoms with van der Waals surface area (Å²) in [5.74, 6) is 0. The van der Waals surface area contributed by atoms with Gasteiger partial charge in [-0.25, -0.2) is 0 Å². The molecular formula is C36H44N2. The van der Waals surface area contributed by atoms with Crippen molar-refractivity contribution in [2.45, 2.75) is 72.1 Å². The Labute approximate surface area is 230 Å². The van der Waals surface area contributed by atoms with Crippen LogP contribution in [0.2, 0.25) is 0 Å². The number of rotatable bonds is 14. The van der Waals surface area contributed by atoms with E-state index < -0.39 is 0 Å². The predicted molar refractivity (Wildman–Crippen MR) is 167 cm³/mol. The molecule has 4 aromatic rings. The third-order valence-corrected chi connectivity index (χ3v) is 7.32. The van der Waals surface area contributed by atoms with E-state index in [1.807, 2.05) is 6.07 Å². The first-order valence-corrected chi connectivity index (χ1v) is 14.6. The molecule has 0 saturated heterocycles. The molecule has 0 amide bonds. The van der Waals surface area contributed by atoms with Crippen molar-refractivity contribution in [1.82, 2.24) is 0 Å². The number of nitrogens with one attached hydrogen (secondary N) is 1. The summed E-state index contributed by atoms with van der Waals surface area (Å²) in [6.07, 6.45) is 9.46. The van der Waals surface area contributed by atoms with Crippen molar-refractivity contribution < 1.29 is 0 Å². The van der Waals surface area contributed by atoms with Crippen LogP contribution in [0.3, 0.4) is 0 Å². The molecule has 0 aliphatic carbocycles. The van der Waals surface area contributed by atoms with Gasteiger partial charge in [0.25, 0.3) is 0 Å². The molecule has 2 nitrogen and oxygen atoms in total. The largest absolute Gasteiger partial charge is 0.356 e. The fraction of sp³-hybridized carbons (Fsp3) is 0.333. The molecule has 2 heteroatoms. The number of unbranched alkanes of at least 4 members (excludes halogenated alkanes) is 3. The molecule has 0 saturated carbocycles. The normalized spacial score (nSPS) is 10.9. The van der Waals surface area contributed by atoms with Gasteiger partial charge < -0.3 is 10.2 Å². The quantitative estimate of drug-likeness (QED) is 0.184. The lowest BCUT2D eigenvalue weighted by Crippen LogP contribution is -2.21. The van der Waals surface area contributed by atoms with Gasteiger partial charge in [-0.2, -0.15) is 0 Å². The summed E-state index contributed by atoms with van der Waals surface area (Å²) in [6, 6.07) is 35.1. The Hall–Kier alpha value is -3.52. The summed E-state index contributed by atoms with van der Waals surface area (Å²) in [5, 5.41) is 3.53. The van der Waals surface area contributed by atoms with Gasteiger partial charge >= 0.3 is 0 Å². The molecule has 0 aliphatic rings. The molecule has 38 heavy (non-hydrogen) atoms. The van der Waals surface area contributed by atoms with E-state index in [0.717, 1.165) is 30.8 Å². The Morgan fingerprint density at radius 1 is 0.553 bits per heavy atom. The van der Waals surface area contributed by atoms with Crippen molar-refractivity contribution in [1.29, 1.82) is 0 Å². The zero-order chi connectivity index (χ0) is 26.6. The van der Waals surface area contributed by atoms with E-state index in [2.05, 4.69) is 122 Å². The number of para-hydroxylation sites is 2. The minimum atomic E-state index is 1.05. The maximum Gasteiger partial charge on any atom is 0.0446 e. The van der Waals surface area contributed by atoms with E-state index in [9.17, 15) is 0 Å². The highest BCUT2D eigenvalue weighted by atomic mass is 15.1. The summed E-state index contributed by atoms with van der Waals surface area (Å²) in [6.45, 7) is 7.94. The molecule has 4 aromatic carbocycles. The van der Waals surface area contributed by atoms with Crippen LogP contribution in [0.1, 0.15) is 70.4 Å². The lowest BCUT2D eigenvalue weighted by molar-refractivity contribution is 0.748. The second-order valence-corrected chi connectivity index (χ2v) is 10.2. The van der Waals surface area contributed by atoms with Crippen LogP contribution in [0.25, 0.3) is 11.1 Å². The highest BCUT2D eigenvalue weighted by Gasteiger charge is 2.19. The van der Waals surface area contributed by atoms with Gasteiger partial charge in [0.15, 0.2) is 0 Å². The molecule has 1 N–H and O–H groups in total. The fourth-order valence-corrected chi connectivity index (χ4v) is 5.21. The average molecular weight is 505 g/mol. The van der Waals surface area contributed by atoms with Gasteiger partial charge in [-0.05, 0) is 96.8 Å². The Morgan fingerprint density at radius 3 is 1.76 bits per heavy atom. The zero-order valence-corrected chi connectivity index (χ0v) is 23.5. The van der Waals surface area contributed by atoms with E-state index >= 15 is 0 Å². The van der Waals surface area contributed by atoms with Crippen molar-refractivity contribution in [3.8, 4) is 11.1 Å². The number of anilines is 4. The first kappa shape index (κ1) is 27.5. The Bertz CT molecular complexity index is 1230. The van der Waals surface area contributed by atoms with E-state index in [1.54, 1.807) is 11.1 Å². The Morgan fingerprint density at radius 2 is 1.13 bits per heavy atom. The summed E-state index contributed by atoms with van der Waals surface area (Å²) in [7, 11) is 0. The number of nitrogens with zero attached hydrogens (tertiary/aromatic N) is 1. The van der Waals surface area contributed by atoms with Gasteiger partial charge in [-0.15, -0.1) is 0 Å². The minimum Gasteiger partial charge on any atom is -0.356 e. The molecule has 0 heterocycles. The van der Waals surface area contributed by atoms with Gasteiger partial charge in [0.05, 0.1) is 0 Å². The van der Waals surface area contributed by atoms with E-state index in [0.29, 0.717) is 0 Å². The number of hydrogen-bond acceptors (Lipinski definition) is 2. The van der Waals surface area contributed by atoms with Crippen molar-refractivity contribution in [3.63, 3.8) is 0 Å². The lowest BCUT2D eigenvalue weighted by atomic mass is 9.88. The van der Waals surface area contributed by atoms with Crippen LogP contribution in [-0.2, 0) is 12.8 Å². The predicted octanol–water partition coefficient (Wildman–Crippen LogP) is 10.7. The van der Waals surface area contributed by atoms with Crippen molar-refractivity contribution in [3.05, 3.63) is 108 Å². The monoisotopic (exact) mass is 504 g/mol. The first-order valence-electron chi connectivity index (χ1n) is 14.6. The molecule has 0 spiro atoms. The summed E-state index contributed by atoms with van der Waals surface area (Å²) in [4.78, 5) is 2.57. The summed E-state index contributed by atoms with van der Waals surface area (Å²) < 4.78 is 0. The average Bonchev–Trinajstić information content (AvgIpc) is 2.97. The first-order chi connectivity index (χ1) is 18.7. The molecule has 0 aliphatic heterocycles. The SMILES string of the molecule is CCCCc1c(-c2ccc(Nc3ccccc3)cc2)ccc(N(CCCC)c2ccccc2)c1CCCC. The molecule has 0 unspecified atom stereocenters. The lowest BCUT2D eigenvalue weighted by Gasteiger charge is -2.30. The minimum absolute atomic E-state index is 1.05. The molecule has 0 aromatic heterocycles. The van der Waals surface area contributed by atoms with Crippen LogP contribution < -0.4 is 10.2 Å². The van der Waals surface area contributed by atoms with Crippen LogP contribution in [0.5, 0.6) is 0 Å². The van der Waals surface area contributed by atoms with Crippen LogP contribution in [0, 0.1) is 0 Å². The molecule has 198 valence electrons. The second-order valence-electron chi connectivity index (χ2n) is 10.2. The third kappa shape index (κ3) is 7.07. The molecule has 0 fully saturated rings. The van der Waals surface area contributed by atoms with Crippen molar-refractivity contribution >= 4 is 22.7 Å². The maximum atomic E-state index is 3.53. The standard InChI is InChI=1S/C36H44N2/c1-4-7-20-34-33(29-22-24-31(25-23-29)37-30-16-12-10-13-17-30)26-27-36(35(34)21-8-5-2)38(28-9-6-3)32-18-14-11-15-19-32/h10-19,22-27,37H,4-9,20-21,28H2,1-3H3. The van der Waals surface area contributed by atoms with Gasteiger partial charge in [-0.3, -0.25) is 0 Å². The van der Waals surface area contributed by atoms with E-state index in [-0.39, 0.29) is 0 Å². The van der Waals surface area contributed by atoms with Gasteiger partial charge in [0, 0.05) is 29.3 Å². The molecule has 0 atom stereocenters. The smallest absolute Gasteiger partial charge is 0.0446 e. The van der Waals surface area contributed by atoms with Crippen LogP contribution in [-0.4, -0.2) is 6.54 Å². The van der Waals surface area contributed by atoms with Crippen molar-refractivity contribution in [2.24, 2.45) is 0 Å². The van der Waals surface area contributed by atoms with Crippen LogP contribution in [0.15, 0.2) is 97.1 Å². The highest BCUT2D eigenvalue weighted by Crippen LogP contribution is 2.38. The highest BCUT2D eigenvalue weighted by molar-refractivity contribution is 5.78. The fourth-order valence-electron chi connectivity index (χ4n) is 5.21. The molecule has 4 rings (SSSR count). The van der Waals surface area contributed by atoms with Crippen LogP contribution in [0.4, 0.5) is 22.7 Å². The van der Waals surface area contributed by atoms with Crippen LogP contribution >= 0.6 is 0 Å². The third-order valence-electron chi connectivity index (χ3n) is 7.32. The molecular weight excluding hydrogens is 460 g/mol. The number of benzene rings is 4. The summed E-state index contributed by atoms with van der Waals surface area (Å²) in [5.41, 5.74) is 10.7. The topological polar surface area (TPSA) is 15.3 Å². The molecule has 0 bridgehead atoms. The van der Waals surface area contributed by atoms with Gasteiger partial charge in [-0.1, -0.05) is 94.6 Å². The Balaban J connectivity index is 1.77. The van der Waals surface area contributed by atoms with E-state index in [1.165, 1.54) is 61.0 Å². The van der Waals surface area contributed by atoms with Crippen molar-refractivity contribution in [2.75, 3.05) is 16.8 Å². The zero-order valence-electron chi connectivity index (χ0n) is 23.5. The maximum absolute atomic E-state index is 3.53. The molecule has 0 radical (unpaired) electrons. The summed E-state index contributed by atoms with van der Waals surface area (Å²) >= 11 is 0. The number of hydrogen-bond donors (Lipinski definition) is 1. The Kier molecular flexibility index (Phi) is 10.4. The van der Waals surface area contributed by atoms with Gasteiger partial charge in [0.1, 0.15) is 0 Å². The van der Waals surface area contributed by atoms with Gasteiger partial charge in [0.2, 0.25) is 0 Å².